The van der Waals surface area contributed by atoms with E-state index < -0.39 is 0 Å². The number of rotatable bonds is 5. The molecule has 5 heteroatoms. The summed E-state index contributed by atoms with van der Waals surface area (Å²) in [5.74, 6) is 1.00. The van der Waals surface area contributed by atoms with E-state index in [0.717, 1.165) is 37.3 Å². The lowest BCUT2D eigenvalue weighted by molar-refractivity contribution is 0.0158. The predicted molar refractivity (Wildman–Crippen MR) is 75.1 cm³/mol. The zero-order valence-electron chi connectivity index (χ0n) is 11.5. The largest absolute Gasteiger partial charge is 0.394 e. The highest BCUT2D eigenvalue weighted by Gasteiger charge is 2.20. The third kappa shape index (κ3) is 3.89. The van der Waals surface area contributed by atoms with Crippen LogP contribution in [0.1, 0.15) is 31.4 Å². The molecule has 0 bridgehead atoms. The van der Waals surface area contributed by atoms with Crippen LogP contribution in [0, 0.1) is 0 Å². The van der Waals surface area contributed by atoms with Gasteiger partial charge in [-0.2, -0.15) is 0 Å². The molecule has 2 heterocycles. The molecule has 1 atom stereocenters. The van der Waals surface area contributed by atoms with Crippen LogP contribution in [0.3, 0.4) is 0 Å². The first-order chi connectivity index (χ1) is 9.20. The third-order valence-corrected chi connectivity index (χ3v) is 3.51. The molecule has 2 rings (SSSR count). The molecule has 1 aliphatic heterocycles. The summed E-state index contributed by atoms with van der Waals surface area (Å²) >= 11 is 0. The second kappa shape index (κ2) is 6.84. The van der Waals surface area contributed by atoms with Gasteiger partial charge in [0.25, 0.3) is 0 Å². The van der Waals surface area contributed by atoms with Crippen LogP contribution in [0.5, 0.6) is 0 Å². The van der Waals surface area contributed by atoms with E-state index in [1.807, 2.05) is 25.3 Å². The van der Waals surface area contributed by atoms with Gasteiger partial charge in [-0.25, -0.2) is 4.98 Å². The Morgan fingerprint density at radius 2 is 2.21 bits per heavy atom. The Kier molecular flexibility index (Phi) is 5.13. The lowest BCUT2D eigenvalue weighted by atomic mass is 10.1. The lowest BCUT2D eigenvalue weighted by Crippen LogP contribution is -2.37. The Hall–Kier alpha value is -1.17. The van der Waals surface area contributed by atoms with E-state index in [1.165, 1.54) is 0 Å². The Morgan fingerprint density at radius 1 is 1.47 bits per heavy atom. The summed E-state index contributed by atoms with van der Waals surface area (Å²) in [5, 5.41) is 8.74. The minimum absolute atomic E-state index is 0.0270. The van der Waals surface area contributed by atoms with Crippen molar-refractivity contribution in [2.75, 3.05) is 31.2 Å². The van der Waals surface area contributed by atoms with E-state index in [9.17, 15) is 0 Å². The fourth-order valence-corrected chi connectivity index (χ4v) is 2.32. The molecule has 3 N–H and O–H groups in total. The van der Waals surface area contributed by atoms with Crippen molar-refractivity contribution in [3.05, 3.63) is 23.9 Å². The van der Waals surface area contributed by atoms with Gasteiger partial charge in [0.15, 0.2) is 0 Å². The Bertz CT molecular complexity index is 373. The van der Waals surface area contributed by atoms with Gasteiger partial charge in [-0.1, -0.05) is 6.07 Å². The van der Waals surface area contributed by atoms with Crippen molar-refractivity contribution in [3.8, 4) is 0 Å². The van der Waals surface area contributed by atoms with Crippen molar-refractivity contribution in [2.24, 2.45) is 5.73 Å². The molecule has 106 valence electrons. The van der Waals surface area contributed by atoms with Crippen LogP contribution in [0.4, 0.5) is 5.82 Å². The highest BCUT2D eigenvalue weighted by Crippen LogP contribution is 2.20. The average Bonchev–Trinajstić information content (AvgIpc) is 2.46. The molecule has 0 saturated carbocycles. The Balaban J connectivity index is 1.87. The van der Waals surface area contributed by atoms with Gasteiger partial charge in [0.1, 0.15) is 5.82 Å². The van der Waals surface area contributed by atoms with Crippen molar-refractivity contribution in [1.82, 2.24) is 4.98 Å². The van der Waals surface area contributed by atoms with Crippen molar-refractivity contribution in [3.63, 3.8) is 0 Å². The van der Waals surface area contributed by atoms with Gasteiger partial charge in [0.05, 0.1) is 19.3 Å². The molecule has 0 aliphatic carbocycles. The molecule has 1 aromatic rings. The summed E-state index contributed by atoms with van der Waals surface area (Å²) in [5.41, 5.74) is 6.88. The van der Waals surface area contributed by atoms with Crippen LogP contribution < -0.4 is 10.6 Å². The van der Waals surface area contributed by atoms with Gasteiger partial charge in [-0.15, -0.1) is 0 Å². The fourth-order valence-electron chi connectivity index (χ4n) is 2.32. The first-order valence-corrected chi connectivity index (χ1v) is 6.89. The van der Waals surface area contributed by atoms with E-state index in [4.69, 9.17) is 15.6 Å². The Labute approximate surface area is 114 Å². The van der Waals surface area contributed by atoms with Gasteiger partial charge in [-0.3, -0.25) is 0 Å². The maximum Gasteiger partial charge on any atom is 0.128 e. The topological polar surface area (TPSA) is 71.6 Å². The number of piperidine rings is 1. The molecule has 1 aliphatic rings. The summed E-state index contributed by atoms with van der Waals surface area (Å²) in [6.07, 6.45) is 4.09. The first-order valence-electron chi connectivity index (χ1n) is 6.89. The molecular formula is C14H23N3O2. The standard InChI is InChI=1S/C14H23N3O2/c1-11(15)12-2-3-14(16-10-12)17-6-4-13(5-7-17)19-9-8-18/h2-3,10-11,13,18H,4-9,15H2,1H3. The first kappa shape index (κ1) is 14.2. The summed E-state index contributed by atoms with van der Waals surface area (Å²) in [7, 11) is 0. The van der Waals surface area contributed by atoms with E-state index in [2.05, 4.69) is 9.88 Å². The van der Waals surface area contributed by atoms with E-state index >= 15 is 0 Å². The third-order valence-electron chi connectivity index (χ3n) is 3.51. The highest BCUT2D eigenvalue weighted by atomic mass is 16.5. The van der Waals surface area contributed by atoms with Crippen LogP contribution in [0.15, 0.2) is 18.3 Å². The van der Waals surface area contributed by atoms with E-state index in [-0.39, 0.29) is 18.8 Å². The molecule has 1 fully saturated rings. The number of aliphatic hydroxyl groups is 1. The second-order valence-electron chi connectivity index (χ2n) is 5.02. The summed E-state index contributed by atoms with van der Waals surface area (Å²) in [4.78, 5) is 6.74. The molecule has 1 aromatic heterocycles. The number of hydrogen-bond donors (Lipinski definition) is 2. The predicted octanol–water partition coefficient (Wildman–Crippen LogP) is 1.08. The van der Waals surface area contributed by atoms with E-state index in [0.29, 0.717) is 6.61 Å². The quantitative estimate of drug-likeness (QED) is 0.833. The van der Waals surface area contributed by atoms with Gasteiger partial charge in [0, 0.05) is 25.3 Å². The number of nitrogens with two attached hydrogens (primary N) is 1. The van der Waals surface area contributed by atoms with Crippen LogP contribution in [-0.4, -0.2) is 42.5 Å². The molecule has 0 aromatic carbocycles. The number of ether oxygens (including phenoxy) is 1. The van der Waals surface area contributed by atoms with Gasteiger partial charge in [-0.05, 0) is 31.4 Å². The zero-order valence-corrected chi connectivity index (χ0v) is 11.5. The summed E-state index contributed by atoms with van der Waals surface area (Å²) in [6.45, 7) is 4.38. The molecule has 0 radical (unpaired) electrons. The average molecular weight is 265 g/mol. The monoisotopic (exact) mass is 265 g/mol. The van der Waals surface area contributed by atoms with Gasteiger partial charge >= 0.3 is 0 Å². The summed E-state index contributed by atoms with van der Waals surface area (Å²) < 4.78 is 5.55. The fraction of sp³-hybridized carbons (Fsp3) is 0.643. The number of pyridine rings is 1. The minimum Gasteiger partial charge on any atom is -0.394 e. The maximum atomic E-state index is 8.74. The van der Waals surface area contributed by atoms with Crippen molar-refractivity contribution in [1.29, 1.82) is 0 Å². The molecular weight excluding hydrogens is 242 g/mol. The normalized spacial score (nSPS) is 18.6. The van der Waals surface area contributed by atoms with Crippen molar-refractivity contribution < 1.29 is 9.84 Å². The zero-order chi connectivity index (χ0) is 13.7. The van der Waals surface area contributed by atoms with Crippen LogP contribution in [-0.2, 0) is 4.74 Å². The highest BCUT2D eigenvalue weighted by molar-refractivity contribution is 5.40. The van der Waals surface area contributed by atoms with Crippen molar-refractivity contribution >= 4 is 5.82 Å². The van der Waals surface area contributed by atoms with Gasteiger partial charge < -0.3 is 20.5 Å². The Morgan fingerprint density at radius 3 is 2.74 bits per heavy atom. The number of nitrogens with zero attached hydrogens (tertiary/aromatic N) is 2. The maximum absolute atomic E-state index is 8.74. The molecule has 5 nitrogen and oxygen atoms in total. The lowest BCUT2D eigenvalue weighted by Gasteiger charge is -2.32. The SMILES string of the molecule is CC(N)c1ccc(N2CCC(OCCO)CC2)nc1. The molecule has 1 saturated heterocycles. The van der Waals surface area contributed by atoms with E-state index in [1.54, 1.807) is 0 Å². The number of aromatic nitrogens is 1. The van der Waals surface area contributed by atoms with Crippen LogP contribution >= 0.6 is 0 Å². The molecule has 19 heavy (non-hydrogen) atoms. The minimum atomic E-state index is 0.0270. The van der Waals surface area contributed by atoms with Crippen LogP contribution in [0.25, 0.3) is 0 Å². The number of hydrogen-bond acceptors (Lipinski definition) is 5. The molecule has 0 amide bonds. The number of anilines is 1. The number of aliphatic hydroxyl groups excluding tert-OH is 1. The van der Waals surface area contributed by atoms with Gasteiger partial charge in [0.2, 0.25) is 0 Å². The summed E-state index contributed by atoms with van der Waals surface area (Å²) in [6, 6.07) is 4.11. The molecule has 0 spiro atoms. The molecule has 1 unspecified atom stereocenters. The second-order valence-corrected chi connectivity index (χ2v) is 5.02. The van der Waals surface area contributed by atoms with Crippen LogP contribution in [0.2, 0.25) is 0 Å². The van der Waals surface area contributed by atoms with Crippen molar-refractivity contribution in [2.45, 2.75) is 31.9 Å². The smallest absolute Gasteiger partial charge is 0.128 e.